The Morgan fingerprint density at radius 3 is 2.61 bits per heavy atom. The van der Waals surface area contributed by atoms with Crippen LogP contribution in [0.25, 0.3) is 0 Å². The molecule has 0 amide bonds. The van der Waals surface area contributed by atoms with Crippen molar-refractivity contribution in [1.82, 2.24) is 15.5 Å². The van der Waals surface area contributed by atoms with Crippen molar-refractivity contribution in [3.8, 4) is 11.5 Å². The average molecular weight is 443 g/mol. The maximum Gasteiger partial charge on any atom is 0.387 e. The van der Waals surface area contributed by atoms with Gasteiger partial charge in [-0.1, -0.05) is 12.1 Å². The first-order valence-electron chi connectivity index (χ1n) is 11.0. The third-order valence-electron chi connectivity index (χ3n) is 4.76. The number of halogens is 2. The lowest BCUT2D eigenvalue weighted by molar-refractivity contribution is -0.0679. The highest BCUT2D eigenvalue weighted by Crippen LogP contribution is 2.33. The Hall–Kier alpha value is -2.13. The average Bonchev–Trinajstić information content (AvgIpc) is 2.70. The maximum absolute atomic E-state index is 12.9. The SMILES string of the molecule is CCNC(=NCc1cccc(OCC)c1OC(F)F)NCCCN1CC(C)OC(C)C1. The third-order valence-corrected chi connectivity index (χ3v) is 4.76. The molecule has 0 spiro atoms. The predicted octanol–water partition coefficient (Wildman–Crippen LogP) is 3.24. The van der Waals surface area contributed by atoms with Crippen molar-refractivity contribution in [3.63, 3.8) is 0 Å². The third kappa shape index (κ3) is 8.86. The summed E-state index contributed by atoms with van der Waals surface area (Å²) in [5.74, 6) is 0.966. The largest absolute Gasteiger partial charge is 0.490 e. The molecule has 1 aliphatic rings. The molecular formula is C22H36F2N4O3. The Kier molecular flexibility index (Phi) is 10.8. The van der Waals surface area contributed by atoms with Crippen LogP contribution >= 0.6 is 0 Å². The van der Waals surface area contributed by atoms with Crippen molar-refractivity contribution in [2.75, 3.05) is 39.3 Å². The monoisotopic (exact) mass is 442 g/mol. The van der Waals surface area contributed by atoms with Gasteiger partial charge in [-0.25, -0.2) is 4.99 Å². The Morgan fingerprint density at radius 1 is 1.23 bits per heavy atom. The molecule has 2 N–H and O–H groups in total. The molecule has 176 valence electrons. The Morgan fingerprint density at radius 2 is 1.97 bits per heavy atom. The van der Waals surface area contributed by atoms with Crippen molar-refractivity contribution in [2.45, 2.75) is 59.5 Å². The van der Waals surface area contributed by atoms with E-state index in [1.807, 2.05) is 6.92 Å². The first kappa shape index (κ1) is 25.1. The van der Waals surface area contributed by atoms with Gasteiger partial charge in [0.1, 0.15) is 0 Å². The smallest absolute Gasteiger partial charge is 0.387 e. The number of para-hydroxylation sites is 1. The van der Waals surface area contributed by atoms with E-state index in [0.717, 1.165) is 32.6 Å². The van der Waals surface area contributed by atoms with Crippen LogP contribution < -0.4 is 20.1 Å². The van der Waals surface area contributed by atoms with E-state index in [-0.39, 0.29) is 24.5 Å². The Bertz CT molecular complexity index is 681. The van der Waals surface area contributed by atoms with Gasteiger partial charge in [-0.3, -0.25) is 4.90 Å². The minimum atomic E-state index is -2.93. The summed E-state index contributed by atoms with van der Waals surface area (Å²) >= 11 is 0. The number of hydrogen-bond acceptors (Lipinski definition) is 5. The molecule has 0 radical (unpaired) electrons. The van der Waals surface area contributed by atoms with Crippen LogP contribution in [0.1, 0.15) is 39.7 Å². The first-order chi connectivity index (χ1) is 14.9. The van der Waals surface area contributed by atoms with Crippen LogP contribution in [-0.2, 0) is 11.3 Å². The molecule has 1 aromatic rings. The fourth-order valence-electron chi connectivity index (χ4n) is 3.66. The van der Waals surface area contributed by atoms with E-state index >= 15 is 0 Å². The molecule has 1 heterocycles. The zero-order chi connectivity index (χ0) is 22.6. The second kappa shape index (κ2) is 13.3. The number of nitrogens with zero attached hydrogens (tertiary/aromatic N) is 2. The van der Waals surface area contributed by atoms with Crippen LogP contribution in [0, 0.1) is 0 Å². The predicted molar refractivity (Wildman–Crippen MR) is 118 cm³/mol. The molecule has 0 saturated carbocycles. The van der Waals surface area contributed by atoms with Crippen LogP contribution in [0.3, 0.4) is 0 Å². The lowest BCUT2D eigenvalue weighted by Crippen LogP contribution is -2.46. The van der Waals surface area contributed by atoms with Crippen molar-refractivity contribution in [3.05, 3.63) is 23.8 Å². The van der Waals surface area contributed by atoms with Gasteiger partial charge in [0.25, 0.3) is 0 Å². The molecule has 7 nitrogen and oxygen atoms in total. The molecule has 0 aliphatic carbocycles. The molecule has 0 bridgehead atoms. The zero-order valence-corrected chi connectivity index (χ0v) is 19.0. The Balaban J connectivity index is 1.94. The molecule has 31 heavy (non-hydrogen) atoms. The molecule has 1 fully saturated rings. The Labute approximate surface area is 184 Å². The van der Waals surface area contributed by atoms with E-state index in [0.29, 0.717) is 30.4 Å². The lowest BCUT2D eigenvalue weighted by Gasteiger charge is -2.35. The molecule has 1 aromatic carbocycles. The van der Waals surface area contributed by atoms with Crippen molar-refractivity contribution in [2.24, 2.45) is 4.99 Å². The van der Waals surface area contributed by atoms with Crippen LogP contribution in [0.5, 0.6) is 11.5 Å². The topological polar surface area (TPSA) is 67.4 Å². The number of hydrogen-bond donors (Lipinski definition) is 2. The molecule has 0 aromatic heterocycles. The molecule has 1 saturated heterocycles. The summed E-state index contributed by atoms with van der Waals surface area (Å²) in [5, 5.41) is 6.50. The van der Waals surface area contributed by atoms with E-state index in [1.165, 1.54) is 0 Å². The van der Waals surface area contributed by atoms with E-state index in [2.05, 4.69) is 34.4 Å². The van der Waals surface area contributed by atoms with Gasteiger partial charge in [-0.15, -0.1) is 0 Å². The van der Waals surface area contributed by atoms with Gasteiger partial charge in [0.2, 0.25) is 0 Å². The minimum absolute atomic E-state index is 0.0366. The summed E-state index contributed by atoms with van der Waals surface area (Å²) in [6, 6.07) is 5.08. The van der Waals surface area contributed by atoms with Crippen LogP contribution in [0.15, 0.2) is 23.2 Å². The zero-order valence-electron chi connectivity index (χ0n) is 19.0. The van der Waals surface area contributed by atoms with Gasteiger partial charge in [-0.2, -0.15) is 8.78 Å². The standard InChI is InChI=1S/C22H36F2N4O3/c1-5-25-22(26-11-8-12-28-14-16(3)30-17(4)15-28)27-13-18-9-7-10-19(29-6-2)20(18)31-21(23)24/h7,9-10,16-17,21H,5-6,8,11-15H2,1-4H3,(H2,25,26,27). The van der Waals surface area contributed by atoms with E-state index in [1.54, 1.807) is 25.1 Å². The highest BCUT2D eigenvalue weighted by atomic mass is 19.3. The number of guanidine groups is 1. The van der Waals surface area contributed by atoms with Crippen LogP contribution in [-0.4, -0.2) is 69.0 Å². The van der Waals surface area contributed by atoms with Gasteiger partial charge < -0.3 is 24.8 Å². The summed E-state index contributed by atoms with van der Waals surface area (Å²) in [6.45, 7) is 9.92. The summed E-state index contributed by atoms with van der Waals surface area (Å²) in [7, 11) is 0. The van der Waals surface area contributed by atoms with Gasteiger partial charge in [0.05, 0.1) is 25.4 Å². The number of benzene rings is 1. The van der Waals surface area contributed by atoms with E-state index in [9.17, 15) is 8.78 Å². The summed E-state index contributed by atoms with van der Waals surface area (Å²) in [6.07, 6.45) is 1.48. The summed E-state index contributed by atoms with van der Waals surface area (Å²) in [4.78, 5) is 6.96. The second-order valence-corrected chi connectivity index (χ2v) is 7.55. The van der Waals surface area contributed by atoms with Gasteiger partial charge in [0, 0.05) is 38.3 Å². The first-order valence-corrected chi connectivity index (χ1v) is 11.0. The fourth-order valence-corrected chi connectivity index (χ4v) is 3.66. The molecule has 9 heteroatoms. The number of aliphatic imine (C=N–C) groups is 1. The van der Waals surface area contributed by atoms with E-state index < -0.39 is 6.61 Å². The van der Waals surface area contributed by atoms with Crippen molar-refractivity contribution < 1.29 is 23.0 Å². The summed E-state index contributed by atoms with van der Waals surface area (Å²) < 4.78 is 41.7. The van der Waals surface area contributed by atoms with Gasteiger partial charge in [0.15, 0.2) is 17.5 Å². The van der Waals surface area contributed by atoms with Gasteiger partial charge in [-0.05, 0) is 40.2 Å². The molecule has 2 atom stereocenters. The number of nitrogens with one attached hydrogen (secondary N) is 2. The van der Waals surface area contributed by atoms with Gasteiger partial charge >= 0.3 is 6.61 Å². The lowest BCUT2D eigenvalue weighted by atomic mass is 10.2. The molecule has 1 aliphatic heterocycles. The van der Waals surface area contributed by atoms with Crippen molar-refractivity contribution >= 4 is 5.96 Å². The number of alkyl halides is 2. The minimum Gasteiger partial charge on any atom is -0.490 e. The normalized spacial score (nSPS) is 20.0. The highest BCUT2D eigenvalue weighted by molar-refractivity contribution is 5.79. The highest BCUT2D eigenvalue weighted by Gasteiger charge is 2.21. The summed E-state index contributed by atoms with van der Waals surface area (Å²) in [5.41, 5.74) is 0.541. The molecule has 2 unspecified atom stereocenters. The van der Waals surface area contributed by atoms with E-state index in [4.69, 9.17) is 14.2 Å². The number of rotatable bonds is 11. The maximum atomic E-state index is 12.9. The quantitative estimate of drug-likeness (QED) is 0.312. The second-order valence-electron chi connectivity index (χ2n) is 7.55. The number of ether oxygens (including phenoxy) is 3. The number of morpholine rings is 1. The van der Waals surface area contributed by atoms with Crippen LogP contribution in [0.2, 0.25) is 0 Å². The van der Waals surface area contributed by atoms with Crippen LogP contribution in [0.4, 0.5) is 8.78 Å². The molecule has 2 rings (SSSR count). The van der Waals surface area contributed by atoms with Crippen molar-refractivity contribution in [1.29, 1.82) is 0 Å². The molecular weight excluding hydrogens is 406 g/mol. The fraction of sp³-hybridized carbons (Fsp3) is 0.682.